The number of nitrogens with two attached hydrogens (primary N) is 1. The Morgan fingerprint density at radius 3 is 2.80 bits per heavy atom. The van der Waals surface area contributed by atoms with Gasteiger partial charge in [-0.15, -0.1) is 0 Å². The van der Waals surface area contributed by atoms with E-state index < -0.39 is 0 Å². The second-order valence-corrected chi connectivity index (χ2v) is 6.06. The minimum atomic E-state index is -0.204. The topological polar surface area (TPSA) is 68.0 Å². The van der Waals surface area contributed by atoms with Gasteiger partial charge in [-0.1, -0.05) is 23.5 Å². The summed E-state index contributed by atoms with van der Waals surface area (Å²) in [7, 11) is 0. The fraction of sp³-hybridized carbons (Fsp3) is 0. The Hall–Kier alpha value is -1.92. The molecule has 6 heteroatoms. The monoisotopic (exact) mass is 347 g/mol. The lowest BCUT2D eigenvalue weighted by Crippen LogP contribution is -2.11. The number of halogens is 1. The number of aromatic nitrogens is 1. The number of thiazole rings is 1. The summed E-state index contributed by atoms with van der Waals surface area (Å²) in [5.41, 5.74) is 7.72. The molecule has 0 spiro atoms. The second kappa shape index (κ2) is 5.22. The summed E-state index contributed by atoms with van der Waals surface area (Å²) in [5, 5.41) is 3.39. The van der Waals surface area contributed by atoms with Gasteiger partial charge in [-0.2, -0.15) is 0 Å². The summed E-state index contributed by atoms with van der Waals surface area (Å²) >= 11 is 4.76. The first-order chi connectivity index (χ1) is 9.63. The van der Waals surface area contributed by atoms with E-state index in [1.807, 2.05) is 24.3 Å². The van der Waals surface area contributed by atoms with Crippen molar-refractivity contribution in [3.8, 4) is 0 Å². The molecule has 0 aliphatic heterocycles. The van der Waals surface area contributed by atoms with Crippen LogP contribution in [0.4, 0.5) is 10.8 Å². The number of hydrogen-bond acceptors (Lipinski definition) is 4. The fourth-order valence-corrected chi connectivity index (χ4v) is 3.00. The molecule has 0 bridgehead atoms. The lowest BCUT2D eigenvalue weighted by molar-refractivity contribution is 0.102. The van der Waals surface area contributed by atoms with Gasteiger partial charge in [0.05, 0.1) is 10.2 Å². The third-order valence-electron chi connectivity index (χ3n) is 2.78. The summed E-state index contributed by atoms with van der Waals surface area (Å²) in [6, 6.07) is 12.8. The molecule has 0 atom stereocenters. The molecule has 0 saturated carbocycles. The van der Waals surface area contributed by atoms with E-state index in [2.05, 4.69) is 26.2 Å². The van der Waals surface area contributed by atoms with Crippen molar-refractivity contribution in [2.45, 2.75) is 0 Å². The molecule has 1 aromatic heterocycles. The first-order valence-electron chi connectivity index (χ1n) is 5.85. The number of benzene rings is 2. The molecule has 3 N–H and O–H groups in total. The highest BCUT2D eigenvalue weighted by Gasteiger charge is 2.10. The maximum absolute atomic E-state index is 12.1. The van der Waals surface area contributed by atoms with Crippen LogP contribution in [0.25, 0.3) is 10.2 Å². The molecule has 0 unspecified atom stereocenters. The number of fused-ring (bicyclic) bond motifs is 1. The number of amides is 1. The van der Waals surface area contributed by atoms with E-state index in [9.17, 15) is 4.79 Å². The highest BCUT2D eigenvalue weighted by atomic mass is 79.9. The molecule has 0 aliphatic carbocycles. The molecular weight excluding hydrogens is 338 g/mol. The molecular formula is C14H10BrN3OS. The predicted octanol–water partition coefficient (Wildman–Crippen LogP) is 3.89. The smallest absolute Gasteiger partial charge is 0.257 e. The van der Waals surface area contributed by atoms with Crippen LogP contribution in [0.15, 0.2) is 46.9 Å². The molecule has 3 rings (SSSR count). The predicted molar refractivity (Wildman–Crippen MR) is 86.1 cm³/mol. The first kappa shape index (κ1) is 13.1. The third kappa shape index (κ3) is 2.52. The van der Waals surface area contributed by atoms with Gasteiger partial charge in [0.25, 0.3) is 5.91 Å². The molecule has 3 aromatic rings. The van der Waals surface area contributed by atoms with Crippen LogP contribution in [-0.4, -0.2) is 10.9 Å². The van der Waals surface area contributed by atoms with Crippen molar-refractivity contribution in [2.75, 3.05) is 11.1 Å². The van der Waals surface area contributed by atoms with E-state index in [-0.39, 0.29) is 5.91 Å². The van der Waals surface area contributed by atoms with Crippen molar-refractivity contribution in [3.63, 3.8) is 0 Å². The Labute approximate surface area is 127 Å². The van der Waals surface area contributed by atoms with Gasteiger partial charge in [-0.3, -0.25) is 10.1 Å². The maximum Gasteiger partial charge on any atom is 0.257 e. The number of rotatable bonds is 2. The van der Waals surface area contributed by atoms with Crippen molar-refractivity contribution < 1.29 is 4.79 Å². The SMILES string of the molecule is Nc1ccc(C(=O)Nc2nc3ccccc3s2)cc1Br. The molecule has 0 fully saturated rings. The number of carbonyl (C=O) groups excluding carboxylic acids is 1. The highest BCUT2D eigenvalue weighted by Crippen LogP contribution is 2.26. The number of hydrogen-bond donors (Lipinski definition) is 2. The van der Waals surface area contributed by atoms with Crippen LogP contribution in [-0.2, 0) is 0 Å². The Morgan fingerprint density at radius 1 is 1.25 bits per heavy atom. The van der Waals surface area contributed by atoms with E-state index in [1.165, 1.54) is 11.3 Å². The van der Waals surface area contributed by atoms with Crippen molar-refractivity contribution in [3.05, 3.63) is 52.5 Å². The lowest BCUT2D eigenvalue weighted by Gasteiger charge is -2.03. The number of anilines is 2. The zero-order valence-corrected chi connectivity index (χ0v) is 12.7. The van der Waals surface area contributed by atoms with Crippen molar-refractivity contribution >= 4 is 54.2 Å². The number of nitrogens with one attached hydrogen (secondary N) is 1. The van der Waals surface area contributed by atoms with Gasteiger partial charge < -0.3 is 5.73 Å². The van der Waals surface area contributed by atoms with Crippen LogP contribution >= 0.6 is 27.3 Å². The Kier molecular flexibility index (Phi) is 3.42. The van der Waals surface area contributed by atoms with E-state index >= 15 is 0 Å². The van der Waals surface area contributed by atoms with Gasteiger partial charge in [-0.25, -0.2) is 4.98 Å². The Morgan fingerprint density at radius 2 is 2.05 bits per heavy atom. The van der Waals surface area contributed by atoms with Gasteiger partial charge in [0.1, 0.15) is 0 Å². The molecule has 4 nitrogen and oxygen atoms in total. The second-order valence-electron chi connectivity index (χ2n) is 4.18. The van der Waals surface area contributed by atoms with Crippen LogP contribution in [0, 0.1) is 0 Å². The number of carbonyl (C=O) groups is 1. The van der Waals surface area contributed by atoms with E-state index in [0.29, 0.717) is 20.9 Å². The Bertz CT molecular complexity index is 767. The van der Waals surface area contributed by atoms with Crippen molar-refractivity contribution in [1.82, 2.24) is 4.98 Å². The molecule has 0 radical (unpaired) electrons. The molecule has 0 aliphatic rings. The number of nitrogens with zero attached hydrogens (tertiary/aromatic N) is 1. The standard InChI is InChI=1S/C14H10BrN3OS/c15-9-7-8(5-6-10(9)16)13(19)18-14-17-11-3-1-2-4-12(11)20-14/h1-7H,16H2,(H,17,18,19). The van der Waals surface area contributed by atoms with Gasteiger partial charge in [-0.05, 0) is 46.3 Å². The molecule has 1 heterocycles. The summed E-state index contributed by atoms with van der Waals surface area (Å²) in [6.07, 6.45) is 0. The van der Waals surface area contributed by atoms with E-state index in [1.54, 1.807) is 18.2 Å². The lowest BCUT2D eigenvalue weighted by atomic mass is 10.2. The zero-order chi connectivity index (χ0) is 14.1. The van der Waals surface area contributed by atoms with Crippen LogP contribution in [0.1, 0.15) is 10.4 Å². The summed E-state index contributed by atoms with van der Waals surface area (Å²) in [6.45, 7) is 0. The Balaban J connectivity index is 1.86. The van der Waals surface area contributed by atoms with Crippen LogP contribution in [0.3, 0.4) is 0 Å². The summed E-state index contributed by atoms with van der Waals surface area (Å²) in [5.74, 6) is -0.204. The summed E-state index contributed by atoms with van der Waals surface area (Å²) in [4.78, 5) is 16.5. The number of para-hydroxylation sites is 1. The minimum absolute atomic E-state index is 0.204. The largest absolute Gasteiger partial charge is 0.398 e. The van der Waals surface area contributed by atoms with E-state index in [4.69, 9.17) is 5.73 Å². The van der Waals surface area contributed by atoms with Crippen LogP contribution in [0.5, 0.6) is 0 Å². The average Bonchev–Trinajstić information content (AvgIpc) is 2.83. The average molecular weight is 348 g/mol. The van der Waals surface area contributed by atoms with Gasteiger partial charge >= 0.3 is 0 Å². The molecule has 20 heavy (non-hydrogen) atoms. The quantitative estimate of drug-likeness (QED) is 0.691. The van der Waals surface area contributed by atoms with Gasteiger partial charge in [0.2, 0.25) is 0 Å². The fourth-order valence-electron chi connectivity index (χ4n) is 1.76. The van der Waals surface area contributed by atoms with Crippen LogP contribution < -0.4 is 11.1 Å². The molecule has 2 aromatic carbocycles. The number of nitrogen functional groups attached to an aromatic ring is 1. The minimum Gasteiger partial charge on any atom is -0.398 e. The first-order valence-corrected chi connectivity index (χ1v) is 7.46. The summed E-state index contributed by atoms with van der Waals surface area (Å²) < 4.78 is 1.75. The molecule has 100 valence electrons. The normalized spacial score (nSPS) is 10.7. The third-order valence-corrected chi connectivity index (χ3v) is 4.42. The molecule has 1 amide bonds. The van der Waals surface area contributed by atoms with Crippen molar-refractivity contribution in [1.29, 1.82) is 0 Å². The molecule has 0 saturated heterocycles. The maximum atomic E-state index is 12.1. The zero-order valence-electron chi connectivity index (χ0n) is 10.3. The van der Waals surface area contributed by atoms with Gasteiger partial charge in [0.15, 0.2) is 5.13 Å². The van der Waals surface area contributed by atoms with E-state index in [0.717, 1.165) is 10.2 Å². The highest BCUT2D eigenvalue weighted by molar-refractivity contribution is 9.10. The van der Waals surface area contributed by atoms with Gasteiger partial charge in [0, 0.05) is 15.7 Å². The van der Waals surface area contributed by atoms with Crippen LogP contribution in [0.2, 0.25) is 0 Å². The van der Waals surface area contributed by atoms with Crippen molar-refractivity contribution in [2.24, 2.45) is 0 Å².